The maximum atomic E-state index is 12.5. The normalized spacial score (nSPS) is 10.7. The SMILES string of the molecule is COc1ccc(C(=O)Oc2ccc(/C=C(\C#N)C(=O)Nc3ccc(C)cc3[N+](=O)[O-])cc2)cc1. The van der Waals surface area contributed by atoms with Gasteiger partial charge < -0.3 is 14.8 Å². The van der Waals surface area contributed by atoms with E-state index in [4.69, 9.17) is 9.47 Å². The number of amides is 1. The van der Waals surface area contributed by atoms with Crippen LogP contribution in [0.15, 0.2) is 72.3 Å². The highest BCUT2D eigenvalue weighted by molar-refractivity contribution is 6.10. The van der Waals surface area contributed by atoms with Crippen LogP contribution in [0.1, 0.15) is 21.5 Å². The van der Waals surface area contributed by atoms with Crippen LogP contribution < -0.4 is 14.8 Å². The average molecular weight is 457 g/mol. The average Bonchev–Trinajstić information content (AvgIpc) is 2.84. The van der Waals surface area contributed by atoms with Crippen LogP contribution in [0.2, 0.25) is 0 Å². The number of nitro benzene ring substituents is 1. The molecule has 0 aliphatic heterocycles. The van der Waals surface area contributed by atoms with Crippen molar-refractivity contribution in [2.45, 2.75) is 6.92 Å². The molecule has 0 unspecified atom stereocenters. The summed E-state index contributed by atoms with van der Waals surface area (Å²) in [4.78, 5) is 35.4. The van der Waals surface area contributed by atoms with Gasteiger partial charge in [0.25, 0.3) is 11.6 Å². The number of carbonyl (C=O) groups excluding carboxylic acids is 2. The number of carbonyl (C=O) groups is 2. The lowest BCUT2D eigenvalue weighted by molar-refractivity contribution is -0.384. The molecule has 0 heterocycles. The number of anilines is 1. The van der Waals surface area contributed by atoms with Crippen molar-refractivity contribution < 1.29 is 24.0 Å². The van der Waals surface area contributed by atoms with Gasteiger partial charge in [0.15, 0.2) is 0 Å². The predicted octanol–water partition coefficient (Wildman–Crippen LogP) is 4.68. The van der Waals surface area contributed by atoms with E-state index in [2.05, 4.69) is 5.32 Å². The molecule has 1 N–H and O–H groups in total. The molecule has 0 aromatic heterocycles. The Hall–Kier alpha value is -4.97. The lowest BCUT2D eigenvalue weighted by Gasteiger charge is -2.07. The van der Waals surface area contributed by atoms with Gasteiger partial charge in [0, 0.05) is 6.07 Å². The second kappa shape index (κ2) is 10.6. The molecule has 0 saturated carbocycles. The van der Waals surface area contributed by atoms with E-state index in [9.17, 15) is 25.0 Å². The van der Waals surface area contributed by atoms with E-state index in [1.165, 1.54) is 37.5 Å². The highest BCUT2D eigenvalue weighted by Crippen LogP contribution is 2.26. The van der Waals surface area contributed by atoms with E-state index in [0.29, 0.717) is 22.4 Å². The van der Waals surface area contributed by atoms with Gasteiger partial charge in [-0.25, -0.2) is 4.79 Å². The molecule has 0 aliphatic rings. The van der Waals surface area contributed by atoms with Crippen molar-refractivity contribution in [2.24, 2.45) is 0 Å². The van der Waals surface area contributed by atoms with Gasteiger partial charge in [-0.1, -0.05) is 18.2 Å². The second-order valence-electron chi connectivity index (χ2n) is 7.09. The largest absolute Gasteiger partial charge is 0.497 e. The second-order valence-corrected chi connectivity index (χ2v) is 7.09. The van der Waals surface area contributed by atoms with Crippen LogP contribution in [0.3, 0.4) is 0 Å². The van der Waals surface area contributed by atoms with Crippen LogP contribution >= 0.6 is 0 Å². The van der Waals surface area contributed by atoms with Gasteiger partial charge in [0.1, 0.15) is 28.8 Å². The molecule has 9 heteroatoms. The number of rotatable bonds is 7. The summed E-state index contributed by atoms with van der Waals surface area (Å²) < 4.78 is 10.4. The molecule has 3 rings (SSSR count). The molecule has 0 fully saturated rings. The van der Waals surface area contributed by atoms with Crippen LogP contribution in [-0.2, 0) is 4.79 Å². The Labute approximate surface area is 195 Å². The molecule has 0 atom stereocenters. The fourth-order valence-electron chi connectivity index (χ4n) is 2.93. The van der Waals surface area contributed by atoms with Crippen molar-refractivity contribution >= 4 is 29.3 Å². The third-order valence-corrected chi connectivity index (χ3v) is 4.69. The lowest BCUT2D eigenvalue weighted by atomic mass is 10.1. The van der Waals surface area contributed by atoms with Crippen LogP contribution in [0.25, 0.3) is 6.08 Å². The Morgan fingerprint density at radius 1 is 1.03 bits per heavy atom. The van der Waals surface area contributed by atoms with Crippen molar-refractivity contribution in [2.75, 3.05) is 12.4 Å². The number of benzene rings is 3. The molecule has 170 valence electrons. The zero-order chi connectivity index (χ0) is 24.7. The molecule has 3 aromatic rings. The van der Waals surface area contributed by atoms with Crippen LogP contribution in [-0.4, -0.2) is 23.9 Å². The Balaban J connectivity index is 1.71. The fraction of sp³-hybridized carbons (Fsp3) is 0.0800. The lowest BCUT2D eigenvalue weighted by Crippen LogP contribution is -2.14. The summed E-state index contributed by atoms with van der Waals surface area (Å²) in [5, 5.41) is 23.1. The van der Waals surface area contributed by atoms with Crippen LogP contribution in [0, 0.1) is 28.4 Å². The first-order chi connectivity index (χ1) is 16.3. The first-order valence-corrected chi connectivity index (χ1v) is 9.95. The van der Waals surface area contributed by atoms with Gasteiger partial charge in [0.05, 0.1) is 17.6 Å². The first-order valence-electron chi connectivity index (χ1n) is 9.95. The standard InChI is InChI=1S/C25H19N3O6/c1-16-3-12-22(23(13-16)28(31)32)27-24(29)19(15-26)14-17-4-8-21(9-5-17)34-25(30)18-6-10-20(33-2)11-7-18/h3-14H,1-2H3,(H,27,29)/b19-14+. The molecule has 1 amide bonds. The summed E-state index contributed by atoms with van der Waals surface area (Å²) in [6.07, 6.45) is 1.32. The quantitative estimate of drug-likeness (QED) is 0.136. The van der Waals surface area contributed by atoms with E-state index in [-0.39, 0.29) is 22.7 Å². The van der Waals surface area contributed by atoms with Gasteiger partial charge in [-0.2, -0.15) is 5.26 Å². The van der Waals surface area contributed by atoms with Crippen LogP contribution in [0.4, 0.5) is 11.4 Å². The number of nitro groups is 1. The highest BCUT2D eigenvalue weighted by Gasteiger charge is 2.18. The number of ether oxygens (including phenoxy) is 2. The van der Waals surface area contributed by atoms with Gasteiger partial charge in [0.2, 0.25) is 0 Å². The molecular formula is C25H19N3O6. The molecule has 3 aromatic carbocycles. The van der Waals surface area contributed by atoms with Gasteiger partial charge >= 0.3 is 5.97 Å². The van der Waals surface area contributed by atoms with E-state index in [0.717, 1.165) is 0 Å². The third kappa shape index (κ3) is 5.83. The van der Waals surface area contributed by atoms with Crippen molar-refractivity contribution in [3.05, 3.63) is 99.1 Å². The Bertz CT molecular complexity index is 1310. The minimum atomic E-state index is -0.788. The summed E-state index contributed by atoms with van der Waals surface area (Å²) in [6.45, 7) is 1.69. The summed E-state index contributed by atoms with van der Waals surface area (Å²) in [7, 11) is 1.52. The summed E-state index contributed by atoms with van der Waals surface area (Å²) in [6, 6.07) is 18.8. The molecular weight excluding hydrogens is 438 g/mol. The van der Waals surface area contributed by atoms with Crippen molar-refractivity contribution in [1.29, 1.82) is 5.26 Å². The van der Waals surface area contributed by atoms with E-state index < -0.39 is 16.8 Å². The molecule has 34 heavy (non-hydrogen) atoms. The third-order valence-electron chi connectivity index (χ3n) is 4.69. The zero-order valence-electron chi connectivity index (χ0n) is 18.3. The molecule has 0 spiro atoms. The number of nitrogens with zero attached hydrogens (tertiary/aromatic N) is 2. The Kier molecular flexibility index (Phi) is 7.36. The first kappa shape index (κ1) is 23.7. The van der Waals surface area contributed by atoms with E-state index in [1.54, 1.807) is 55.5 Å². The molecule has 0 saturated heterocycles. The zero-order valence-corrected chi connectivity index (χ0v) is 18.3. The molecule has 9 nitrogen and oxygen atoms in total. The van der Waals surface area contributed by atoms with Crippen molar-refractivity contribution in [3.8, 4) is 17.6 Å². The monoisotopic (exact) mass is 457 g/mol. The number of methoxy groups -OCH3 is 1. The number of hydrogen-bond acceptors (Lipinski definition) is 7. The maximum Gasteiger partial charge on any atom is 0.343 e. The highest BCUT2D eigenvalue weighted by atomic mass is 16.6. The summed E-state index contributed by atoms with van der Waals surface area (Å²) in [5.74, 6) is -0.453. The van der Waals surface area contributed by atoms with Crippen LogP contribution in [0.5, 0.6) is 11.5 Å². The number of nitrogens with one attached hydrogen (secondary N) is 1. The van der Waals surface area contributed by atoms with Gasteiger partial charge in [-0.3, -0.25) is 14.9 Å². The maximum absolute atomic E-state index is 12.5. The Morgan fingerprint density at radius 3 is 2.26 bits per heavy atom. The Morgan fingerprint density at radius 2 is 1.68 bits per heavy atom. The van der Waals surface area contributed by atoms with Gasteiger partial charge in [-0.15, -0.1) is 0 Å². The minimum Gasteiger partial charge on any atom is -0.497 e. The predicted molar refractivity (Wildman–Crippen MR) is 124 cm³/mol. The van der Waals surface area contributed by atoms with E-state index in [1.807, 2.05) is 0 Å². The van der Waals surface area contributed by atoms with Crippen molar-refractivity contribution in [1.82, 2.24) is 0 Å². The smallest absolute Gasteiger partial charge is 0.343 e. The minimum absolute atomic E-state index is 0.0115. The van der Waals surface area contributed by atoms with E-state index >= 15 is 0 Å². The molecule has 0 aliphatic carbocycles. The summed E-state index contributed by atoms with van der Waals surface area (Å²) in [5.41, 5.74) is 0.968. The molecule has 0 bridgehead atoms. The number of aryl methyl sites for hydroxylation is 1. The van der Waals surface area contributed by atoms with Gasteiger partial charge in [-0.05, 0) is 66.6 Å². The summed E-state index contributed by atoms with van der Waals surface area (Å²) >= 11 is 0. The number of esters is 1. The van der Waals surface area contributed by atoms with Crippen molar-refractivity contribution in [3.63, 3.8) is 0 Å². The fourth-order valence-corrected chi connectivity index (χ4v) is 2.93. The number of nitriles is 1. The number of hydrogen-bond donors (Lipinski definition) is 1. The molecule has 0 radical (unpaired) electrons. The topological polar surface area (TPSA) is 132 Å².